The number of carboxylic acid groups (broad SMARTS) is 1. The zero-order valence-electron chi connectivity index (χ0n) is 23.2. The number of hydrogen-bond acceptors (Lipinski definition) is 10. The molecule has 2 rings (SSSR count). The number of halogens is 2. The van der Waals surface area contributed by atoms with E-state index in [-0.39, 0.29) is 34.5 Å². The zero-order chi connectivity index (χ0) is 31.7. The first-order valence-electron chi connectivity index (χ1n) is 11.9. The summed E-state index contributed by atoms with van der Waals surface area (Å²) in [5.41, 5.74) is 0.829. The predicted octanol–water partition coefficient (Wildman–Crippen LogP) is 4.88. The Kier molecular flexibility index (Phi) is 16.3. The van der Waals surface area contributed by atoms with Gasteiger partial charge in [0.25, 0.3) is 5.69 Å². The molecule has 15 heteroatoms. The molecule has 0 atom stereocenters. The molecular weight excluding hydrogens is 599 g/mol. The first-order valence-corrected chi connectivity index (χ1v) is 12.7. The number of amides is 1. The van der Waals surface area contributed by atoms with Gasteiger partial charge in [0.05, 0.1) is 40.9 Å². The van der Waals surface area contributed by atoms with Crippen LogP contribution in [0.25, 0.3) is 12.2 Å². The maximum atomic E-state index is 11.2. The fourth-order valence-corrected chi connectivity index (χ4v) is 3.36. The quantitative estimate of drug-likeness (QED) is 0.0959. The molecule has 13 nitrogen and oxygen atoms in total. The van der Waals surface area contributed by atoms with Crippen molar-refractivity contribution < 1.29 is 48.1 Å². The molecule has 2 aromatic rings. The number of anilines is 1. The van der Waals surface area contributed by atoms with Gasteiger partial charge in [0.1, 0.15) is 24.7 Å². The highest BCUT2D eigenvalue weighted by molar-refractivity contribution is 6.32. The Balaban J connectivity index is 0.000000420. The molecule has 0 aliphatic carbocycles. The van der Waals surface area contributed by atoms with Gasteiger partial charge in [-0.2, -0.15) is 0 Å². The molecule has 0 fully saturated rings. The SMILES string of the molecule is COCCOc1cc(/C=C/C(=O)O)c(NC(C)=O)cc1Cl.COCCOc1cc(/C=C/C(=O)OC)c([N+](=O)[O-])cc1Cl. The second-order valence-electron chi connectivity index (χ2n) is 7.86. The minimum Gasteiger partial charge on any atom is -0.490 e. The summed E-state index contributed by atoms with van der Waals surface area (Å²) < 4.78 is 24.9. The van der Waals surface area contributed by atoms with E-state index in [4.69, 9.17) is 47.3 Å². The van der Waals surface area contributed by atoms with Crippen LogP contribution in [0, 0.1) is 10.1 Å². The molecule has 1 amide bonds. The van der Waals surface area contributed by atoms with Gasteiger partial charge >= 0.3 is 11.9 Å². The average Bonchev–Trinajstić information content (AvgIpc) is 2.93. The highest BCUT2D eigenvalue weighted by atomic mass is 35.5. The molecule has 2 aromatic carbocycles. The fourth-order valence-electron chi connectivity index (χ4n) is 2.93. The van der Waals surface area contributed by atoms with E-state index in [1.54, 1.807) is 13.2 Å². The first kappa shape index (κ1) is 35.9. The summed E-state index contributed by atoms with van der Waals surface area (Å²) in [5.74, 6) is -1.36. The van der Waals surface area contributed by atoms with Gasteiger partial charge in [0.2, 0.25) is 5.91 Å². The summed E-state index contributed by atoms with van der Waals surface area (Å²) in [6, 6.07) is 5.62. The predicted molar refractivity (Wildman–Crippen MR) is 156 cm³/mol. The van der Waals surface area contributed by atoms with Gasteiger partial charge in [0.15, 0.2) is 0 Å². The van der Waals surface area contributed by atoms with Crippen LogP contribution in [0.2, 0.25) is 10.0 Å². The number of rotatable bonds is 14. The van der Waals surface area contributed by atoms with E-state index in [1.165, 1.54) is 51.5 Å². The normalized spacial score (nSPS) is 10.6. The Morgan fingerprint density at radius 1 is 0.881 bits per heavy atom. The van der Waals surface area contributed by atoms with Crippen LogP contribution in [-0.4, -0.2) is 75.6 Å². The smallest absolute Gasteiger partial charge is 0.330 e. The lowest BCUT2D eigenvalue weighted by Crippen LogP contribution is -2.08. The van der Waals surface area contributed by atoms with E-state index in [2.05, 4.69) is 10.1 Å². The van der Waals surface area contributed by atoms with Crippen molar-refractivity contribution in [1.29, 1.82) is 0 Å². The van der Waals surface area contributed by atoms with Gasteiger partial charge in [-0.1, -0.05) is 23.2 Å². The van der Waals surface area contributed by atoms with Crippen LogP contribution in [0.4, 0.5) is 11.4 Å². The third-order valence-corrected chi connectivity index (χ3v) is 5.38. The first-order chi connectivity index (χ1) is 19.9. The van der Waals surface area contributed by atoms with Gasteiger partial charge in [0, 0.05) is 50.6 Å². The Morgan fingerprint density at radius 3 is 1.88 bits per heavy atom. The highest BCUT2D eigenvalue weighted by Crippen LogP contribution is 2.34. The monoisotopic (exact) mass is 628 g/mol. The van der Waals surface area contributed by atoms with E-state index >= 15 is 0 Å². The van der Waals surface area contributed by atoms with Crippen molar-refractivity contribution >= 4 is 64.6 Å². The minimum atomic E-state index is -1.10. The number of hydrogen-bond donors (Lipinski definition) is 2. The third-order valence-electron chi connectivity index (χ3n) is 4.79. The van der Waals surface area contributed by atoms with Crippen molar-refractivity contribution in [2.45, 2.75) is 6.92 Å². The minimum absolute atomic E-state index is 0.105. The highest BCUT2D eigenvalue weighted by Gasteiger charge is 2.17. The molecule has 2 N–H and O–H groups in total. The van der Waals surface area contributed by atoms with Crippen LogP contribution in [-0.2, 0) is 28.6 Å². The Bertz CT molecular complexity index is 1310. The summed E-state index contributed by atoms with van der Waals surface area (Å²) in [5, 5.41) is 22.7. The molecule has 0 saturated carbocycles. The number of benzene rings is 2. The number of nitro groups is 1. The molecule has 0 heterocycles. The van der Waals surface area contributed by atoms with Crippen molar-refractivity contribution in [3.8, 4) is 11.5 Å². The second-order valence-corrected chi connectivity index (χ2v) is 8.67. The van der Waals surface area contributed by atoms with E-state index in [0.29, 0.717) is 41.8 Å². The van der Waals surface area contributed by atoms with Crippen LogP contribution in [0.1, 0.15) is 18.1 Å². The molecule has 0 spiro atoms. The number of nitro benzene ring substituents is 1. The van der Waals surface area contributed by atoms with Crippen molar-refractivity contribution in [3.05, 3.63) is 67.7 Å². The van der Waals surface area contributed by atoms with Gasteiger partial charge in [-0.3, -0.25) is 14.9 Å². The number of nitrogens with one attached hydrogen (secondary N) is 1. The number of carbonyl (C=O) groups excluding carboxylic acids is 2. The Hall–Kier alpha value is -4.17. The molecule has 0 aliphatic heterocycles. The fraction of sp³-hybridized carbons (Fsp3) is 0.296. The van der Waals surface area contributed by atoms with Crippen LogP contribution in [0.3, 0.4) is 0 Å². The van der Waals surface area contributed by atoms with Crippen molar-refractivity contribution in [1.82, 2.24) is 0 Å². The van der Waals surface area contributed by atoms with E-state index in [9.17, 15) is 24.5 Å². The van der Waals surface area contributed by atoms with E-state index < -0.39 is 16.9 Å². The second kappa shape index (κ2) is 19.0. The number of methoxy groups -OCH3 is 3. The number of esters is 1. The van der Waals surface area contributed by atoms with E-state index in [1.807, 2.05) is 0 Å². The topological polar surface area (TPSA) is 173 Å². The lowest BCUT2D eigenvalue weighted by atomic mass is 10.1. The number of carbonyl (C=O) groups is 3. The molecule has 0 aromatic heterocycles. The zero-order valence-corrected chi connectivity index (χ0v) is 24.7. The molecule has 0 saturated heterocycles. The van der Waals surface area contributed by atoms with Crippen LogP contribution >= 0.6 is 23.2 Å². The maximum absolute atomic E-state index is 11.2. The molecule has 0 radical (unpaired) electrons. The molecule has 228 valence electrons. The van der Waals surface area contributed by atoms with Gasteiger partial charge in [-0.25, -0.2) is 9.59 Å². The number of nitrogens with zero attached hydrogens (tertiary/aromatic N) is 1. The molecule has 0 bridgehead atoms. The standard InChI is InChI=1S/C14H16ClNO5.C13H14ClNO6/c1-9(17)16-12-8-11(15)13(21-6-5-20-2)7-10(12)3-4-14(18)19;1-19-5-6-21-12-7-9(3-4-13(16)20-2)11(15(17)18)8-10(12)14/h3-4,7-8H,5-6H2,1-2H3,(H,16,17)(H,18,19);3-4,7-8H,5-6H2,1-2H3/b2*4-3+. The molecule has 0 unspecified atom stereocenters. The Labute approximate surface area is 251 Å². The summed E-state index contributed by atoms with van der Waals surface area (Å²) in [4.78, 5) is 43.3. The average molecular weight is 629 g/mol. The van der Waals surface area contributed by atoms with Crippen LogP contribution in [0.5, 0.6) is 11.5 Å². The lowest BCUT2D eigenvalue weighted by molar-refractivity contribution is -0.385. The van der Waals surface area contributed by atoms with Gasteiger partial charge in [-0.05, 0) is 30.4 Å². The number of carboxylic acids is 1. The van der Waals surface area contributed by atoms with Crippen molar-refractivity contribution in [3.63, 3.8) is 0 Å². The molecular formula is C27H30Cl2N2O11. The molecule has 0 aliphatic rings. The number of ether oxygens (including phenoxy) is 5. The van der Waals surface area contributed by atoms with E-state index in [0.717, 1.165) is 12.2 Å². The summed E-state index contributed by atoms with van der Waals surface area (Å²) in [6.45, 7) is 2.64. The van der Waals surface area contributed by atoms with Gasteiger partial charge < -0.3 is 34.1 Å². The summed E-state index contributed by atoms with van der Waals surface area (Å²) >= 11 is 12.0. The lowest BCUT2D eigenvalue weighted by Gasteiger charge is -2.12. The largest absolute Gasteiger partial charge is 0.490 e. The Morgan fingerprint density at radius 2 is 1.40 bits per heavy atom. The third kappa shape index (κ3) is 13.0. The molecule has 42 heavy (non-hydrogen) atoms. The van der Waals surface area contributed by atoms with Crippen LogP contribution < -0.4 is 14.8 Å². The van der Waals surface area contributed by atoms with Gasteiger partial charge in [-0.15, -0.1) is 0 Å². The van der Waals surface area contributed by atoms with Crippen molar-refractivity contribution in [2.75, 3.05) is 53.1 Å². The summed E-state index contributed by atoms with van der Waals surface area (Å²) in [6.07, 6.45) is 4.67. The maximum Gasteiger partial charge on any atom is 0.330 e. The van der Waals surface area contributed by atoms with Crippen molar-refractivity contribution in [2.24, 2.45) is 0 Å². The summed E-state index contributed by atoms with van der Waals surface area (Å²) in [7, 11) is 4.28. The van der Waals surface area contributed by atoms with Crippen LogP contribution in [0.15, 0.2) is 36.4 Å². The number of aliphatic carboxylic acids is 1.